The molecular weight excluding hydrogens is 146 g/mol. The van der Waals surface area contributed by atoms with E-state index in [-0.39, 0.29) is 0 Å². The summed E-state index contributed by atoms with van der Waals surface area (Å²) in [5.74, 6) is 0.792. The number of alkyl halides is 1. The van der Waals surface area contributed by atoms with Crippen LogP contribution in [0.4, 0.5) is 0 Å². The largest absolute Gasteiger partial charge is 0.304 e. The average molecular weight is 164 g/mol. The second-order valence-corrected chi connectivity index (χ2v) is 2.85. The van der Waals surface area contributed by atoms with Crippen molar-refractivity contribution in [2.75, 3.05) is 25.5 Å². The molecule has 0 aromatic heterocycles. The van der Waals surface area contributed by atoms with Crippen molar-refractivity contribution >= 4 is 11.6 Å². The van der Waals surface area contributed by atoms with E-state index in [2.05, 4.69) is 18.7 Å². The average Bonchev–Trinajstić information content (AvgIpc) is 1.98. The van der Waals surface area contributed by atoms with Gasteiger partial charge in [0.05, 0.1) is 0 Å². The molecule has 0 bridgehead atoms. The minimum atomic E-state index is 0.792. The van der Waals surface area contributed by atoms with Crippen LogP contribution in [-0.2, 0) is 0 Å². The molecule has 0 radical (unpaired) electrons. The van der Waals surface area contributed by atoms with Crippen molar-refractivity contribution in [1.82, 2.24) is 4.90 Å². The molecule has 0 amide bonds. The van der Waals surface area contributed by atoms with Crippen LogP contribution < -0.4 is 0 Å². The highest BCUT2D eigenvalue weighted by Crippen LogP contribution is 1.94. The summed E-state index contributed by atoms with van der Waals surface area (Å²) in [6, 6.07) is 0. The topological polar surface area (TPSA) is 3.24 Å². The van der Waals surface area contributed by atoms with E-state index in [0.717, 1.165) is 25.4 Å². The van der Waals surface area contributed by atoms with Gasteiger partial charge < -0.3 is 4.90 Å². The molecule has 0 atom stereocenters. The molecule has 0 N–H and O–H groups in total. The van der Waals surface area contributed by atoms with Gasteiger partial charge in [-0.05, 0) is 32.5 Å². The highest BCUT2D eigenvalue weighted by Gasteiger charge is 1.97. The van der Waals surface area contributed by atoms with Crippen LogP contribution in [0.3, 0.4) is 0 Å². The van der Waals surface area contributed by atoms with Gasteiger partial charge >= 0.3 is 0 Å². The van der Waals surface area contributed by atoms with Gasteiger partial charge in [0.25, 0.3) is 0 Å². The van der Waals surface area contributed by atoms with E-state index in [9.17, 15) is 0 Å². The molecule has 2 heteroatoms. The molecule has 10 heavy (non-hydrogen) atoms. The smallest absolute Gasteiger partial charge is 0.0235 e. The van der Waals surface area contributed by atoms with E-state index < -0.39 is 0 Å². The Balaban J connectivity index is 3.21. The molecule has 0 aromatic carbocycles. The van der Waals surface area contributed by atoms with Gasteiger partial charge in [0.15, 0.2) is 0 Å². The molecule has 62 valence electrons. The maximum atomic E-state index is 5.58. The first-order chi connectivity index (χ1) is 4.85. The minimum absolute atomic E-state index is 0.792. The Morgan fingerprint density at radius 3 is 2.30 bits per heavy atom. The standard InChI is InChI=1S/C8H18ClN/c1-3-7-10(4-2)8-5-6-9/h3-8H2,1-2H3. The van der Waals surface area contributed by atoms with Crippen LogP contribution in [0.2, 0.25) is 0 Å². The molecule has 0 fully saturated rings. The van der Waals surface area contributed by atoms with Crippen LogP contribution in [0.15, 0.2) is 0 Å². The van der Waals surface area contributed by atoms with Gasteiger partial charge in [0, 0.05) is 5.88 Å². The third-order valence-corrected chi connectivity index (χ3v) is 1.86. The first-order valence-electron chi connectivity index (χ1n) is 4.13. The molecular formula is C8H18ClN. The molecule has 0 heterocycles. The lowest BCUT2D eigenvalue weighted by molar-refractivity contribution is 0.290. The fraction of sp³-hybridized carbons (Fsp3) is 1.00. The zero-order valence-corrected chi connectivity index (χ0v) is 7.82. The Hall–Kier alpha value is 0.250. The van der Waals surface area contributed by atoms with Crippen LogP contribution in [0.5, 0.6) is 0 Å². The van der Waals surface area contributed by atoms with Crippen LogP contribution in [0.25, 0.3) is 0 Å². The molecule has 0 aliphatic heterocycles. The maximum Gasteiger partial charge on any atom is 0.0235 e. The molecule has 0 unspecified atom stereocenters. The third kappa shape index (κ3) is 5.07. The van der Waals surface area contributed by atoms with E-state index in [1.807, 2.05) is 0 Å². The number of hydrogen-bond donors (Lipinski definition) is 0. The van der Waals surface area contributed by atoms with Crippen molar-refractivity contribution in [3.63, 3.8) is 0 Å². The van der Waals surface area contributed by atoms with E-state index >= 15 is 0 Å². The van der Waals surface area contributed by atoms with Crippen LogP contribution in [0.1, 0.15) is 26.7 Å². The van der Waals surface area contributed by atoms with Crippen molar-refractivity contribution in [2.45, 2.75) is 26.7 Å². The maximum absolute atomic E-state index is 5.58. The molecule has 0 saturated carbocycles. The molecule has 0 rings (SSSR count). The first kappa shape index (κ1) is 10.2. The Morgan fingerprint density at radius 2 is 1.90 bits per heavy atom. The molecule has 0 aliphatic carbocycles. The van der Waals surface area contributed by atoms with E-state index in [4.69, 9.17) is 11.6 Å². The first-order valence-corrected chi connectivity index (χ1v) is 4.66. The van der Waals surface area contributed by atoms with E-state index in [1.54, 1.807) is 0 Å². The van der Waals surface area contributed by atoms with Gasteiger partial charge in [0.1, 0.15) is 0 Å². The minimum Gasteiger partial charge on any atom is -0.304 e. The van der Waals surface area contributed by atoms with Crippen molar-refractivity contribution in [1.29, 1.82) is 0 Å². The molecule has 0 aromatic rings. The lowest BCUT2D eigenvalue weighted by Gasteiger charge is -2.18. The monoisotopic (exact) mass is 163 g/mol. The van der Waals surface area contributed by atoms with Crippen LogP contribution in [0, 0.1) is 0 Å². The summed E-state index contributed by atoms with van der Waals surface area (Å²) in [7, 11) is 0. The fourth-order valence-electron chi connectivity index (χ4n) is 1.03. The van der Waals surface area contributed by atoms with Crippen molar-refractivity contribution in [3.8, 4) is 0 Å². The van der Waals surface area contributed by atoms with E-state index in [1.165, 1.54) is 13.0 Å². The second-order valence-electron chi connectivity index (χ2n) is 2.48. The zero-order chi connectivity index (χ0) is 7.82. The normalized spacial score (nSPS) is 10.8. The summed E-state index contributed by atoms with van der Waals surface area (Å²) in [5.41, 5.74) is 0. The highest BCUT2D eigenvalue weighted by molar-refractivity contribution is 6.17. The Bertz CT molecular complexity index is 66.3. The summed E-state index contributed by atoms with van der Waals surface area (Å²) in [6.07, 6.45) is 2.37. The van der Waals surface area contributed by atoms with Gasteiger partial charge in [-0.2, -0.15) is 0 Å². The highest BCUT2D eigenvalue weighted by atomic mass is 35.5. The van der Waals surface area contributed by atoms with Gasteiger partial charge in [-0.25, -0.2) is 0 Å². The number of nitrogens with zero attached hydrogens (tertiary/aromatic N) is 1. The molecule has 0 saturated heterocycles. The number of rotatable bonds is 6. The predicted octanol–water partition coefficient (Wildman–Crippen LogP) is 2.35. The summed E-state index contributed by atoms with van der Waals surface area (Å²) in [6.45, 7) is 7.94. The summed E-state index contributed by atoms with van der Waals surface area (Å²) in [4.78, 5) is 2.43. The van der Waals surface area contributed by atoms with Crippen molar-refractivity contribution < 1.29 is 0 Å². The van der Waals surface area contributed by atoms with Gasteiger partial charge in [-0.15, -0.1) is 11.6 Å². The zero-order valence-electron chi connectivity index (χ0n) is 7.07. The van der Waals surface area contributed by atoms with Crippen molar-refractivity contribution in [2.24, 2.45) is 0 Å². The van der Waals surface area contributed by atoms with Crippen LogP contribution >= 0.6 is 11.6 Å². The summed E-state index contributed by atoms with van der Waals surface area (Å²) < 4.78 is 0. The van der Waals surface area contributed by atoms with E-state index in [0.29, 0.717) is 0 Å². The van der Waals surface area contributed by atoms with Gasteiger partial charge in [0.2, 0.25) is 0 Å². The predicted molar refractivity (Wildman–Crippen MR) is 47.7 cm³/mol. The number of hydrogen-bond acceptors (Lipinski definition) is 1. The summed E-state index contributed by atoms with van der Waals surface area (Å²) in [5, 5.41) is 0. The Morgan fingerprint density at radius 1 is 1.20 bits per heavy atom. The van der Waals surface area contributed by atoms with Crippen LogP contribution in [-0.4, -0.2) is 30.4 Å². The molecule has 0 aliphatic rings. The SMILES string of the molecule is CCCN(CC)CCCCl. The Kier molecular flexibility index (Phi) is 7.54. The lowest BCUT2D eigenvalue weighted by Crippen LogP contribution is -2.25. The van der Waals surface area contributed by atoms with Gasteiger partial charge in [-0.1, -0.05) is 13.8 Å². The second kappa shape index (κ2) is 7.36. The van der Waals surface area contributed by atoms with Gasteiger partial charge in [-0.3, -0.25) is 0 Å². The summed E-state index contributed by atoms with van der Waals surface area (Å²) >= 11 is 5.58. The third-order valence-electron chi connectivity index (χ3n) is 1.60. The lowest BCUT2D eigenvalue weighted by atomic mass is 10.3. The fourth-order valence-corrected chi connectivity index (χ4v) is 1.15. The molecule has 0 spiro atoms. The Labute approximate surface area is 69.4 Å². The van der Waals surface area contributed by atoms with Crippen molar-refractivity contribution in [3.05, 3.63) is 0 Å². The molecule has 1 nitrogen and oxygen atoms in total. The quantitative estimate of drug-likeness (QED) is 0.544. The number of halogens is 1.